The van der Waals surface area contributed by atoms with Crippen LogP contribution < -0.4 is 4.74 Å². The predicted molar refractivity (Wildman–Crippen MR) is 95.4 cm³/mol. The first-order valence-electron chi connectivity index (χ1n) is 7.99. The monoisotopic (exact) mass is 332 g/mol. The SMILES string of the molecule is CCOc1cccc(-c2n[nH]c(-c3nccc4ccccc34)n2)c1O. The van der Waals surface area contributed by atoms with Crippen molar-refractivity contribution in [1.82, 2.24) is 20.2 Å². The average Bonchev–Trinajstić information content (AvgIpc) is 3.13. The summed E-state index contributed by atoms with van der Waals surface area (Å²) in [5, 5.41) is 19.6. The number of nitrogens with one attached hydrogen (secondary N) is 1. The fourth-order valence-electron chi connectivity index (χ4n) is 2.77. The van der Waals surface area contributed by atoms with Crippen LogP contribution in [0.3, 0.4) is 0 Å². The molecule has 124 valence electrons. The molecular weight excluding hydrogens is 316 g/mol. The standard InChI is InChI=1S/C19H16N4O2/c1-2-25-15-9-5-8-14(17(15)24)18-21-19(23-22-18)16-13-7-4-3-6-12(13)10-11-20-16/h3-11,24H,2H2,1H3,(H,21,22,23). The molecule has 4 aromatic rings. The maximum Gasteiger partial charge on any atom is 0.185 e. The maximum absolute atomic E-state index is 10.4. The van der Waals surface area contributed by atoms with Crippen LogP contribution in [0.25, 0.3) is 33.7 Å². The minimum absolute atomic E-state index is 0.0285. The Morgan fingerprint density at radius 1 is 1.08 bits per heavy atom. The van der Waals surface area contributed by atoms with Crippen LogP contribution in [-0.4, -0.2) is 31.9 Å². The molecule has 0 aliphatic heterocycles. The number of phenolic OH excluding ortho intramolecular Hbond substituents is 1. The highest BCUT2D eigenvalue weighted by molar-refractivity contribution is 5.93. The quantitative estimate of drug-likeness (QED) is 0.594. The Kier molecular flexibility index (Phi) is 3.78. The number of phenols is 1. The first-order chi connectivity index (χ1) is 12.3. The number of aromatic amines is 1. The molecule has 0 spiro atoms. The van der Waals surface area contributed by atoms with Crippen LogP contribution in [-0.2, 0) is 0 Å². The van der Waals surface area contributed by atoms with Gasteiger partial charge in [0.2, 0.25) is 0 Å². The first kappa shape index (κ1) is 15.1. The third-order valence-electron chi connectivity index (χ3n) is 3.92. The van der Waals surface area contributed by atoms with E-state index in [-0.39, 0.29) is 5.75 Å². The van der Waals surface area contributed by atoms with E-state index in [9.17, 15) is 5.11 Å². The Balaban J connectivity index is 1.80. The van der Waals surface area contributed by atoms with Gasteiger partial charge in [0.15, 0.2) is 23.1 Å². The van der Waals surface area contributed by atoms with Crippen molar-refractivity contribution in [3.05, 3.63) is 54.7 Å². The molecule has 0 radical (unpaired) electrons. The van der Waals surface area contributed by atoms with Crippen LogP contribution in [0.1, 0.15) is 6.92 Å². The molecule has 0 fully saturated rings. The molecule has 0 amide bonds. The third-order valence-corrected chi connectivity index (χ3v) is 3.92. The van der Waals surface area contributed by atoms with Gasteiger partial charge in [0, 0.05) is 11.6 Å². The topological polar surface area (TPSA) is 83.9 Å². The van der Waals surface area contributed by atoms with Crippen molar-refractivity contribution in [3.8, 4) is 34.4 Å². The van der Waals surface area contributed by atoms with Gasteiger partial charge in [0.1, 0.15) is 5.69 Å². The number of fused-ring (bicyclic) bond motifs is 1. The van der Waals surface area contributed by atoms with Crippen molar-refractivity contribution < 1.29 is 9.84 Å². The molecule has 6 heteroatoms. The summed E-state index contributed by atoms with van der Waals surface area (Å²) in [7, 11) is 0. The number of nitrogens with zero attached hydrogens (tertiary/aromatic N) is 3. The van der Waals surface area contributed by atoms with E-state index in [0.29, 0.717) is 29.6 Å². The van der Waals surface area contributed by atoms with E-state index in [4.69, 9.17) is 4.74 Å². The van der Waals surface area contributed by atoms with Gasteiger partial charge in [-0.05, 0) is 30.5 Å². The number of hydrogen-bond donors (Lipinski definition) is 2. The summed E-state index contributed by atoms with van der Waals surface area (Å²) < 4.78 is 5.42. The second-order valence-electron chi connectivity index (χ2n) is 5.47. The molecule has 4 rings (SSSR count). The molecule has 0 unspecified atom stereocenters. The van der Waals surface area contributed by atoms with E-state index in [1.165, 1.54) is 0 Å². The summed E-state index contributed by atoms with van der Waals surface area (Å²) in [6.07, 6.45) is 1.74. The highest BCUT2D eigenvalue weighted by atomic mass is 16.5. The normalized spacial score (nSPS) is 10.9. The molecular formula is C19H16N4O2. The molecule has 2 aromatic heterocycles. The Hall–Kier alpha value is -3.41. The van der Waals surface area contributed by atoms with Crippen molar-refractivity contribution in [1.29, 1.82) is 0 Å². The zero-order chi connectivity index (χ0) is 17.2. The van der Waals surface area contributed by atoms with Gasteiger partial charge in [-0.1, -0.05) is 30.3 Å². The van der Waals surface area contributed by atoms with Crippen molar-refractivity contribution >= 4 is 10.8 Å². The van der Waals surface area contributed by atoms with Gasteiger partial charge < -0.3 is 9.84 Å². The van der Waals surface area contributed by atoms with Gasteiger partial charge >= 0.3 is 0 Å². The summed E-state index contributed by atoms with van der Waals surface area (Å²) in [5.41, 5.74) is 1.23. The lowest BCUT2D eigenvalue weighted by atomic mass is 10.1. The minimum Gasteiger partial charge on any atom is -0.504 e. The number of ether oxygens (including phenoxy) is 1. The number of para-hydroxylation sites is 1. The van der Waals surface area contributed by atoms with E-state index in [2.05, 4.69) is 20.2 Å². The summed E-state index contributed by atoms with van der Waals surface area (Å²) in [5.74, 6) is 1.38. The van der Waals surface area contributed by atoms with Gasteiger partial charge in [-0.3, -0.25) is 10.1 Å². The van der Waals surface area contributed by atoms with Gasteiger partial charge in [-0.15, -0.1) is 0 Å². The average molecular weight is 332 g/mol. The van der Waals surface area contributed by atoms with Crippen molar-refractivity contribution in [3.63, 3.8) is 0 Å². The van der Waals surface area contributed by atoms with Crippen LogP contribution in [0.4, 0.5) is 0 Å². The fourth-order valence-corrected chi connectivity index (χ4v) is 2.77. The van der Waals surface area contributed by atoms with E-state index in [1.54, 1.807) is 24.4 Å². The van der Waals surface area contributed by atoms with Gasteiger partial charge in [0.25, 0.3) is 0 Å². The molecule has 6 nitrogen and oxygen atoms in total. The third kappa shape index (κ3) is 2.67. The van der Waals surface area contributed by atoms with Crippen molar-refractivity contribution in [2.24, 2.45) is 0 Å². The number of pyridine rings is 1. The number of H-pyrrole nitrogens is 1. The van der Waals surface area contributed by atoms with Crippen LogP contribution in [0.15, 0.2) is 54.7 Å². The molecule has 2 heterocycles. The predicted octanol–water partition coefficient (Wildman–Crippen LogP) is 3.79. The maximum atomic E-state index is 10.4. The summed E-state index contributed by atoms with van der Waals surface area (Å²) in [6.45, 7) is 2.33. The molecule has 2 aromatic carbocycles. The summed E-state index contributed by atoms with van der Waals surface area (Å²) >= 11 is 0. The summed E-state index contributed by atoms with van der Waals surface area (Å²) in [4.78, 5) is 8.95. The van der Waals surface area contributed by atoms with Crippen LogP contribution >= 0.6 is 0 Å². The number of aromatic hydroxyl groups is 1. The van der Waals surface area contributed by atoms with Crippen LogP contribution in [0.5, 0.6) is 11.5 Å². The Morgan fingerprint density at radius 2 is 1.96 bits per heavy atom. The van der Waals surface area contributed by atoms with Gasteiger partial charge in [-0.25, -0.2) is 4.98 Å². The summed E-state index contributed by atoms with van der Waals surface area (Å²) in [6, 6.07) is 15.2. The zero-order valence-corrected chi connectivity index (χ0v) is 13.6. The lowest BCUT2D eigenvalue weighted by molar-refractivity contribution is 0.318. The van der Waals surface area contributed by atoms with Crippen LogP contribution in [0, 0.1) is 0 Å². The molecule has 0 saturated carbocycles. The number of rotatable bonds is 4. The highest BCUT2D eigenvalue weighted by Gasteiger charge is 2.16. The number of hydrogen-bond acceptors (Lipinski definition) is 5. The zero-order valence-electron chi connectivity index (χ0n) is 13.6. The lowest BCUT2D eigenvalue weighted by Crippen LogP contribution is -1.93. The Labute approximate surface area is 144 Å². The second kappa shape index (κ2) is 6.24. The first-order valence-corrected chi connectivity index (χ1v) is 7.99. The van der Waals surface area contributed by atoms with Gasteiger partial charge in [0.05, 0.1) is 12.2 Å². The molecule has 0 aliphatic rings. The number of aromatic nitrogens is 4. The molecule has 0 saturated heterocycles. The van der Waals surface area contributed by atoms with Crippen molar-refractivity contribution in [2.45, 2.75) is 6.92 Å². The lowest BCUT2D eigenvalue weighted by Gasteiger charge is -2.07. The largest absolute Gasteiger partial charge is 0.504 e. The number of benzene rings is 2. The van der Waals surface area contributed by atoms with E-state index < -0.39 is 0 Å². The van der Waals surface area contributed by atoms with E-state index >= 15 is 0 Å². The molecule has 0 aliphatic carbocycles. The Morgan fingerprint density at radius 3 is 2.84 bits per heavy atom. The minimum atomic E-state index is 0.0285. The van der Waals surface area contributed by atoms with Crippen molar-refractivity contribution in [2.75, 3.05) is 6.61 Å². The van der Waals surface area contributed by atoms with E-state index in [0.717, 1.165) is 16.5 Å². The molecule has 25 heavy (non-hydrogen) atoms. The fraction of sp³-hybridized carbons (Fsp3) is 0.105. The molecule has 0 bridgehead atoms. The highest BCUT2D eigenvalue weighted by Crippen LogP contribution is 2.36. The van der Waals surface area contributed by atoms with E-state index in [1.807, 2.05) is 37.3 Å². The van der Waals surface area contributed by atoms with Gasteiger partial charge in [-0.2, -0.15) is 5.10 Å². The smallest absolute Gasteiger partial charge is 0.185 e. The molecule has 0 atom stereocenters. The second-order valence-corrected chi connectivity index (χ2v) is 5.47. The van der Waals surface area contributed by atoms with Crippen LogP contribution in [0.2, 0.25) is 0 Å². The molecule has 2 N–H and O–H groups in total. The Bertz CT molecular complexity index is 1040.